The van der Waals surface area contributed by atoms with Crippen LogP contribution in [0.4, 0.5) is 0 Å². The SMILES string of the molecule is CC[C@@]1(O)C(=O)OCc2c1cc1n(c2=O)Cc2c-1nc1ccccc1c2CNC(=O)[C@@H](N)C(C)C. The maximum Gasteiger partial charge on any atom is 0.343 e. The number of hydrogen-bond donors (Lipinski definition) is 3. The predicted octanol–water partition coefficient (Wildman–Crippen LogP) is 1.68. The van der Waals surface area contributed by atoms with Gasteiger partial charge in [0.25, 0.3) is 5.56 Å². The van der Waals surface area contributed by atoms with E-state index >= 15 is 0 Å². The van der Waals surface area contributed by atoms with Crippen molar-refractivity contribution < 1.29 is 19.4 Å². The van der Waals surface area contributed by atoms with Gasteiger partial charge in [0, 0.05) is 23.1 Å². The maximum atomic E-state index is 13.5. The molecule has 3 aromatic rings. The van der Waals surface area contributed by atoms with Crippen LogP contribution >= 0.6 is 0 Å². The highest BCUT2D eigenvalue weighted by Crippen LogP contribution is 2.40. The molecule has 1 amide bonds. The molecule has 9 nitrogen and oxygen atoms in total. The number of amides is 1. The molecule has 2 aliphatic heterocycles. The van der Waals surface area contributed by atoms with Crippen molar-refractivity contribution in [1.82, 2.24) is 14.9 Å². The Balaban J connectivity index is 1.67. The van der Waals surface area contributed by atoms with E-state index in [-0.39, 0.29) is 54.6 Å². The van der Waals surface area contributed by atoms with Crippen LogP contribution in [0.15, 0.2) is 35.1 Å². The molecule has 0 saturated heterocycles. The first-order chi connectivity index (χ1) is 16.7. The topological polar surface area (TPSA) is 137 Å². The van der Waals surface area contributed by atoms with Crippen LogP contribution < -0.4 is 16.6 Å². The number of aliphatic hydroxyl groups is 1. The Morgan fingerprint density at radius 3 is 2.74 bits per heavy atom. The molecular formula is C26H28N4O5. The summed E-state index contributed by atoms with van der Waals surface area (Å²) in [6, 6.07) is 8.64. The number of hydrogen-bond acceptors (Lipinski definition) is 7. The van der Waals surface area contributed by atoms with E-state index in [2.05, 4.69) is 5.32 Å². The molecule has 2 aliphatic rings. The van der Waals surface area contributed by atoms with E-state index in [9.17, 15) is 19.5 Å². The van der Waals surface area contributed by atoms with Crippen LogP contribution in [0.25, 0.3) is 22.3 Å². The number of carbonyl (C=O) groups excluding carboxylic acids is 2. The van der Waals surface area contributed by atoms with E-state index in [0.29, 0.717) is 16.9 Å². The number of nitrogens with zero attached hydrogens (tertiary/aromatic N) is 2. The summed E-state index contributed by atoms with van der Waals surface area (Å²) in [4.78, 5) is 43.3. The van der Waals surface area contributed by atoms with Crippen molar-refractivity contribution in [3.05, 3.63) is 62.9 Å². The Hall–Kier alpha value is -3.56. The summed E-state index contributed by atoms with van der Waals surface area (Å²) in [6.07, 6.45) is 0.0765. The zero-order chi connectivity index (χ0) is 25.1. The third kappa shape index (κ3) is 3.45. The molecule has 0 bridgehead atoms. The second-order valence-corrected chi connectivity index (χ2v) is 9.53. The molecule has 0 unspecified atom stereocenters. The Morgan fingerprint density at radius 2 is 2.03 bits per heavy atom. The summed E-state index contributed by atoms with van der Waals surface area (Å²) in [6.45, 7) is 5.75. The lowest BCUT2D eigenvalue weighted by molar-refractivity contribution is -0.172. The van der Waals surface area contributed by atoms with Crippen molar-refractivity contribution in [2.45, 2.75) is 58.5 Å². The maximum absolute atomic E-state index is 13.5. The number of ether oxygens (including phenoxy) is 1. The number of pyridine rings is 2. The van der Waals surface area contributed by atoms with Gasteiger partial charge in [-0.25, -0.2) is 9.78 Å². The third-order valence-corrected chi connectivity index (χ3v) is 7.17. The molecule has 9 heteroatoms. The zero-order valence-corrected chi connectivity index (χ0v) is 19.9. The molecule has 5 rings (SSSR count). The fraction of sp³-hybridized carbons (Fsp3) is 0.385. The van der Waals surface area contributed by atoms with Crippen LogP contribution in [-0.4, -0.2) is 32.6 Å². The Bertz CT molecular complexity index is 1440. The lowest BCUT2D eigenvalue weighted by Gasteiger charge is -2.31. The number of nitrogens with one attached hydrogen (secondary N) is 1. The Kier molecular flexibility index (Phi) is 5.49. The summed E-state index contributed by atoms with van der Waals surface area (Å²) >= 11 is 0. The standard InChI is InChI=1S/C26H28N4O5/c1-4-26(34)18-9-20-22-16(11-30(20)24(32)17(18)12-35-25(26)33)15(10-28-23(31)21(27)13(2)3)14-7-5-6-8-19(14)29-22/h5-9,13,21,34H,4,10-12,27H2,1-3H3,(H,28,31)/t21-,26-/m0/s1. The van der Waals surface area contributed by atoms with Gasteiger partial charge < -0.3 is 25.5 Å². The molecule has 4 N–H and O–H groups in total. The first-order valence-electron chi connectivity index (χ1n) is 11.8. The van der Waals surface area contributed by atoms with Gasteiger partial charge in [0.05, 0.1) is 35.1 Å². The van der Waals surface area contributed by atoms with E-state index in [4.69, 9.17) is 15.5 Å². The monoisotopic (exact) mass is 476 g/mol. The molecule has 182 valence electrons. The Labute approximate surface area is 201 Å². The second kappa shape index (κ2) is 8.28. The highest BCUT2D eigenvalue weighted by molar-refractivity contribution is 5.90. The molecule has 4 heterocycles. The van der Waals surface area contributed by atoms with Gasteiger partial charge in [-0.3, -0.25) is 9.59 Å². The molecule has 0 radical (unpaired) electrons. The number of rotatable bonds is 5. The van der Waals surface area contributed by atoms with Crippen molar-refractivity contribution in [3.8, 4) is 11.4 Å². The van der Waals surface area contributed by atoms with Gasteiger partial charge in [0.2, 0.25) is 5.91 Å². The summed E-state index contributed by atoms with van der Waals surface area (Å²) in [5.74, 6) is -1.01. The van der Waals surface area contributed by atoms with E-state index in [1.54, 1.807) is 17.6 Å². The average molecular weight is 477 g/mol. The van der Waals surface area contributed by atoms with Crippen molar-refractivity contribution in [1.29, 1.82) is 0 Å². The predicted molar refractivity (Wildman–Crippen MR) is 129 cm³/mol. The molecule has 2 aromatic heterocycles. The number of benzene rings is 1. The van der Waals surface area contributed by atoms with Gasteiger partial charge in [-0.2, -0.15) is 0 Å². The molecule has 0 fully saturated rings. The normalized spacial score (nSPS) is 19.2. The van der Waals surface area contributed by atoms with Crippen LogP contribution in [0.3, 0.4) is 0 Å². The quantitative estimate of drug-likeness (QED) is 0.373. The smallest absolute Gasteiger partial charge is 0.343 e. The first kappa shape index (κ1) is 23.2. The molecule has 2 atom stereocenters. The molecule has 35 heavy (non-hydrogen) atoms. The van der Waals surface area contributed by atoms with Crippen LogP contribution in [0.1, 0.15) is 49.4 Å². The third-order valence-electron chi connectivity index (χ3n) is 7.17. The number of esters is 1. The van der Waals surface area contributed by atoms with Gasteiger partial charge >= 0.3 is 5.97 Å². The fourth-order valence-corrected chi connectivity index (χ4v) is 4.91. The number of cyclic esters (lactones) is 1. The molecule has 0 spiro atoms. The van der Waals surface area contributed by atoms with E-state index in [0.717, 1.165) is 16.5 Å². The number of carbonyl (C=O) groups is 2. The van der Waals surface area contributed by atoms with Gasteiger partial charge in [-0.1, -0.05) is 39.0 Å². The van der Waals surface area contributed by atoms with Crippen LogP contribution in [0, 0.1) is 5.92 Å². The number of aromatic nitrogens is 2. The average Bonchev–Trinajstić information content (AvgIpc) is 3.22. The van der Waals surface area contributed by atoms with E-state index in [1.807, 2.05) is 38.1 Å². The first-order valence-corrected chi connectivity index (χ1v) is 11.8. The van der Waals surface area contributed by atoms with Crippen LogP contribution in [0.2, 0.25) is 0 Å². The summed E-state index contributed by atoms with van der Waals surface area (Å²) < 4.78 is 6.74. The minimum Gasteiger partial charge on any atom is -0.458 e. The molecule has 1 aromatic carbocycles. The summed E-state index contributed by atoms with van der Waals surface area (Å²) in [5.41, 5.74) is 7.87. The van der Waals surface area contributed by atoms with Crippen LogP contribution in [0.5, 0.6) is 0 Å². The fourth-order valence-electron chi connectivity index (χ4n) is 4.91. The van der Waals surface area contributed by atoms with Gasteiger partial charge in [-0.15, -0.1) is 0 Å². The van der Waals surface area contributed by atoms with Crippen molar-refractivity contribution in [2.24, 2.45) is 11.7 Å². The van der Waals surface area contributed by atoms with E-state index in [1.165, 1.54) is 0 Å². The number of para-hydroxylation sites is 1. The number of nitrogens with two attached hydrogens (primary N) is 1. The molecular weight excluding hydrogens is 448 g/mol. The van der Waals surface area contributed by atoms with Crippen molar-refractivity contribution in [2.75, 3.05) is 0 Å². The van der Waals surface area contributed by atoms with Crippen molar-refractivity contribution >= 4 is 22.8 Å². The second-order valence-electron chi connectivity index (χ2n) is 9.53. The highest BCUT2D eigenvalue weighted by Gasteiger charge is 2.45. The summed E-state index contributed by atoms with van der Waals surface area (Å²) in [5, 5.41) is 14.9. The Morgan fingerprint density at radius 1 is 1.29 bits per heavy atom. The van der Waals surface area contributed by atoms with E-state index < -0.39 is 17.6 Å². The minimum atomic E-state index is -1.88. The summed E-state index contributed by atoms with van der Waals surface area (Å²) in [7, 11) is 0. The number of fused-ring (bicyclic) bond motifs is 5. The lowest BCUT2D eigenvalue weighted by atomic mass is 9.86. The zero-order valence-electron chi connectivity index (χ0n) is 19.9. The largest absolute Gasteiger partial charge is 0.458 e. The molecule has 0 saturated carbocycles. The van der Waals surface area contributed by atoms with Crippen LogP contribution in [-0.2, 0) is 39.6 Å². The van der Waals surface area contributed by atoms with Crippen molar-refractivity contribution in [3.63, 3.8) is 0 Å². The lowest BCUT2D eigenvalue weighted by Crippen LogP contribution is -2.44. The van der Waals surface area contributed by atoms with Gasteiger partial charge in [-0.05, 0) is 30.0 Å². The van der Waals surface area contributed by atoms with Gasteiger partial charge in [0.15, 0.2) is 5.60 Å². The highest BCUT2D eigenvalue weighted by atomic mass is 16.6. The molecule has 0 aliphatic carbocycles. The minimum absolute atomic E-state index is 0.00806. The van der Waals surface area contributed by atoms with Gasteiger partial charge in [0.1, 0.15) is 6.61 Å².